The first-order valence-corrected chi connectivity index (χ1v) is 5.51. The van der Waals surface area contributed by atoms with Gasteiger partial charge in [-0.05, 0) is 6.92 Å². The topological polar surface area (TPSA) is 55.9 Å². The first-order chi connectivity index (χ1) is 8.84. The maximum atomic E-state index is 12.6. The van der Waals surface area contributed by atoms with E-state index in [1.165, 1.54) is 17.9 Å². The average molecular weight is 273 g/mol. The minimum atomic E-state index is -4.52. The molecule has 0 fully saturated rings. The molecule has 1 N–H and O–H groups in total. The minimum Gasteiger partial charge on any atom is -0.394 e. The second kappa shape index (κ2) is 4.69. The molecule has 0 aliphatic rings. The molecule has 0 saturated carbocycles. The molecule has 0 atom stereocenters. The van der Waals surface area contributed by atoms with E-state index in [4.69, 9.17) is 5.11 Å². The Hall–Kier alpha value is -1.83. The number of aliphatic hydroxyl groups is 1. The molecule has 0 saturated heterocycles. The highest BCUT2D eigenvalue weighted by molar-refractivity contribution is 5.61. The lowest BCUT2D eigenvalue weighted by molar-refractivity contribution is -0.141. The molecule has 2 aromatic heterocycles. The average Bonchev–Trinajstić information content (AvgIpc) is 2.84. The second-order valence-electron chi connectivity index (χ2n) is 4.03. The Morgan fingerprint density at radius 1 is 1.42 bits per heavy atom. The summed E-state index contributed by atoms with van der Waals surface area (Å²) >= 11 is 0. The quantitative estimate of drug-likeness (QED) is 0.919. The lowest BCUT2D eigenvalue weighted by Crippen LogP contribution is -2.06. The Labute approximate surface area is 107 Å². The van der Waals surface area contributed by atoms with Crippen LogP contribution in [-0.4, -0.2) is 31.3 Å². The van der Waals surface area contributed by atoms with Crippen LogP contribution in [0.25, 0.3) is 11.3 Å². The number of aromatic nitrogens is 4. The van der Waals surface area contributed by atoms with E-state index >= 15 is 0 Å². The van der Waals surface area contributed by atoms with E-state index in [0.717, 1.165) is 4.68 Å². The summed E-state index contributed by atoms with van der Waals surface area (Å²) in [5, 5.41) is 16.3. The molecule has 1 radical (unpaired) electrons. The van der Waals surface area contributed by atoms with Crippen LogP contribution in [0, 0.1) is 13.0 Å². The number of aryl methyl sites for hydroxylation is 1. The molecule has 5 nitrogen and oxygen atoms in total. The Morgan fingerprint density at radius 2 is 2.11 bits per heavy atom. The molecule has 2 aromatic rings. The highest BCUT2D eigenvalue weighted by Crippen LogP contribution is 2.31. The number of nitrogens with zero attached hydrogens (tertiary/aromatic N) is 4. The first-order valence-electron chi connectivity index (χ1n) is 5.51. The van der Waals surface area contributed by atoms with Gasteiger partial charge in [-0.3, -0.25) is 9.36 Å². The van der Waals surface area contributed by atoms with Crippen molar-refractivity contribution in [1.82, 2.24) is 19.6 Å². The van der Waals surface area contributed by atoms with Gasteiger partial charge in [-0.1, -0.05) is 0 Å². The molecule has 0 aromatic carbocycles. The summed E-state index contributed by atoms with van der Waals surface area (Å²) in [7, 11) is 1.42. The summed E-state index contributed by atoms with van der Waals surface area (Å²) in [6.45, 7) is 1.91. The molecule has 0 aliphatic heterocycles. The molecule has 8 heteroatoms. The van der Waals surface area contributed by atoms with Gasteiger partial charge in [0.25, 0.3) is 0 Å². The van der Waals surface area contributed by atoms with Gasteiger partial charge in [-0.25, -0.2) is 0 Å². The largest absolute Gasteiger partial charge is 0.435 e. The Kier molecular flexibility index (Phi) is 3.36. The van der Waals surface area contributed by atoms with Gasteiger partial charge >= 0.3 is 6.18 Å². The molecule has 19 heavy (non-hydrogen) atoms. The van der Waals surface area contributed by atoms with Crippen LogP contribution in [0.1, 0.15) is 11.4 Å². The molecular formula is C11H12F3N4O. The fourth-order valence-corrected chi connectivity index (χ4v) is 1.79. The third-order valence-corrected chi connectivity index (χ3v) is 2.75. The summed E-state index contributed by atoms with van der Waals surface area (Å²) in [6, 6.07) is 2.24. The maximum absolute atomic E-state index is 12.6. The molecule has 0 spiro atoms. The van der Waals surface area contributed by atoms with Crippen LogP contribution < -0.4 is 0 Å². The maximum Gasteiger partial charge on any atom is 0.435 e. The predicted molar refractivity (Wildman–Crippen MR) is 60.1 cm³/mol. The highest BCUT2D eigenvalue weighted by Gasteiger charge is 2.35. The first kappa shape index (κ1) is 13.6. The van der Waals surface area contributed by atoms with Crippen molar-refractivity contribution >= 4 is 0 Å². The van der Waals surface area contributed by atoms with Gasteiger partial charge < -0.3 is 5.11 Å². The van der Waals surface area contributed by atoms with E-state index < -0.39 is 11.9 Å². The second-order valence-corrected chi connectivity index (χ2v) is 4.03. The van der Waals surface area contributed by atoms with Crippen LogP contribution in [-0.2, 0) is 19.8 Å². The van der Waals surface area contributed by atoms with Crippen molar-refractivity contribution < 1.29 is 18.3 Å². The van der Waals surface area contributed by atoms with E-state index in [1.807, 2.05) is 0 Å². The number of alkyl halides is 3. The number of aliphatic hydroxyl groups excluding tert-OH is 1. The molecule has 0 aliphatic carbocycles. The number of hydrogen-bond acceptors (Lipinski definition) is 3. The van der Waals surface area contributed by atoms with Crippen molar-refractivity contribution in [3.8, 4) is 11.3 Å². The summed E-state index contributed by atoms with van der Waals surface area (Å²) in [4.78, 5) is 0. The van der Waals surface area contributed by atoms with Gasteiger partial charge in [0.15, 0.2) is 5.69 Å². The predicted octanol–water partition coefficient (Wildman–Crippen LogP) is 1.40. The molecule has 2 rings (SSSR count). The van der Waals surface area contributed by atoms with Gasteiger partial charge in [0.05, 0.1) is 25.0 Å². The molecule has 0 amide bonds. The number of hydrogen-bond donors (Lipinski definition) is 1. The third-order valence-electron chi connectivity index (χ3n) is 2.75. The van der Waals surface area contributed by atoms with Crippen LogP contribution in [0.5, 0.6) is 0 Å². The number of rotatable bonds is 3. The Bertz CT molecular complexity index is 585. The normalized spacial score (nSPS) is 12.1. The lowest BCUT2D eigenvalue weighted by Gasteiger charge is -2.03. The van der Waals surface area contributed by atoms with E-state index in [1.54, 1.807) is 6.92 Å². The van der Waals surface area contributed by atoms with Crippen molar-refractivity contribution in [2.75, 3.05) is 6.61 Å². The van der Waals surface area contributed by atoms with Gasteiger partial charge in [0.1, 0.15) is 0 Å². The van der Waals surface area contributed by atoms with Crippen LogP contribution in [0.4, 0.5) is 13.2 Å². The SMILES string of the molecule is Cc1c(-c2[c]c(C(F)(F)F)nn2C)cnn1CCO. The summed E-state index contributed by atoms with van der Waals surface area (Å²) < 4.78 is 40.3. The van der Waals surface area contributed by atoms with Crippen molar-refractivity contribution in [3.63, 3.8) is 0 Å². The van der Waals surface area contributed by atoms with E-state index in [2.05, 4.69) is 16.3 Å². The van der Waals surface area contributed by atoms with Gasteiger partial charge in [-0.15, -0.1) is 0 Å². The molecule has 2 heterocycles. The lowest BCUT2D eigenvalue weighted by atomic mass is 10.2. The summed E-state index contributed by atoms with van der Waals surface area (Å²) in [5.41, 5.74) is 0.328. The van der Waals surface area contributed by atoms with E-state index in [-0.39, 0.29) is 18.8 Å². The van der Waals surface area contributed by atoms with Gasteiger partial charge in [0, 0.05) is 24.4 Å². The van der Waals surface area contributed by atoms with E-state index in [0.29, 0.717) is 11.3 Å². The smallest absolute Gasteiger partial charge is 0.394 e. The molecule has 103 valence electrons. The Balaban J connectivity index is 2.45. The summed E-state index contributed by atoms with van der Waals surface area (Å²) in [6.07, 6.45) is -3.08. The fourth-order valence-electron chi connectivity index (χ4n) is 1.79. The van der Waals surface area contributed by atoms with Crippen LogP contribution in [0.15, 0.2) is 6.20 Å². The monoisotopic (exact) mass is 273 g/mol. The minimum absolute atomic E-state index is 0.0924. The molecular weight excluding hydrogens is 261 g/mol. The zero-order chi connectivity index (χ0) is 14.2. The highest BCUT2D eigenvalue weighted by atomic mass is 19.4. The zero-order valence-electron chi connectivity index (χ0n) is 10.4. The standard InChI is InChI=1S/C11H12F3N4O/c1-7-8(6-15-18(7)3-4-19)9-5-10(11(12,13)14)16-17(9)2/h6,19H,3-4H2,1-2H3. The van der Waals surface area contributed by atoms with Crippen LogP contribution in [0.3, 0.4) is 0 Å². The van der Waals surface area contributed by atoms with Crippen molar-refractivity contribution in [3.05, 3.63) is 23.7 Å². The van der Waals surface area contributed by atoms with Gasteiger partial charge in [0.2, 0.25) is 0 Å². The third kappa shape index (κ3) is 2.48. The van der Waals surface area contributed by atoms with E-state index in [9.17, 15) is 13.2 Å². The van der Waals surface area contributed by atoms with Crippen LogP contribution >= 0.6 is 0 Å². The summed E-state index contributed by atoms with van der Waals surface area (Å²) in [5.74, 6) is 0. The van der Waals surface area contributed by atoms with Gasteiger partial charge in [-0.2, -0.15) is 23.4 Å². The van der Waals surface area contributed by atoms with Crippen molar-refractivity contribution in [1.29, 1.82) is 0 Å². The van der Waals surface area contributed by atoms with Crippen molar-refractivity contribution in [2.45, 2.75) is 19.6 Å². The zero-order valence-corrected chi connectivity index (χ0v) is 10.4. The van der Waals surface area contributed by atoms with Crippen LogP contribution in [0.2, 0.25) is 0 Å². The fraction of sp³-hybridized carbons (Fsp3) is 0.455. The number of halogens is 3. The molecule has 0 bridgehead atoms. The Morgan fingerprint density at radius 3 is 2.63 bits per heavy atom. The van der Waals surface area contributed by atoms with Crippen molar-refractivity contribution in [2.24, 2.45) is 7.05 Å². The molecule has 0 unspecified atom stereocenters.